The fourth-order valence-corrected chi connectivity index (χ4v) is 27.0. The minimum Gasteiger partial charge on any atom is -0.455 e. The van der Waals surface area contributed by atoms with E-state index >= 15 is 4.39 Å². The van der Waals surface area contributed by atoms with Crippen molar-refractivity contribution in [1.29, 1.82) is 0 Å². The first kappa shape index (κ1) is 48.5. The SMILES string of the molecule is CCCC[Si](CCCC)(CCCC)c1ccc(P(c2ccccc2F)N(C)P(c2ccc([Si](CCCC)(CCCC)CCCC)cc2)c2cccc3c2oc2ccccc23)cc1. The van der Waals surface area contributed by atoms with Crippen LogP contribution >= 0.6 is 16.1 Å². The molecule has 2 unspecified atom stereocenters. The Kier molecular flexibility index (Phi) is 18.7. The summed E-state index contributed by atoms with van der Waals surface area (Å²) in [7, 11) is -3.58. The van der Waals surface area contributed by atoms with Gasteiger partial charge in [-0.15, -0.1) is 0 Å². The molecule has 2 atom stereocenters. The quantitative estimate of drug-likeness (QED) is 0.0398. The molecule has 332 valence electrons. The maximum atomic E-state index is 16.5. The van der Waals surface area contributed by atoms with E-state index < -0.39 is 32.3 Å². The fourth-order valence-electron chi connectivity index (χ4n) is 10.2. The maximum Gasteiger partial charge on any atom is 0.144 e. The lowest BCUT2D eigenvalue weighted by molar-refractivity contribution is 0.635. The summed E-state index contributed by atoms with van der Waals surface area (Å²) in [4.78, 5) is 0. The molecule has 0 aliphatic heterocycles. The molecule has 0 spiro atoms. The second-order valence-electron chi connectivity index (χ2n) is 18.1. The molecule has 6 rings (SSSR count). The highest BCUT2D eigenvalue weighted by Crippen LogP contribution is 2.54. The molecule has 0 N–H and O–H groups in total. The van der Waals surface area contributed by atoms with Crippen LogP contribution in [0.4, 0.5) is 4.39 Å². The minimum atomic E-state index is -1.72. The number of para-hydroxylation sites is 2. The van der Waals surface area contributed by atoms with Gasteiger partial charge in [-0.1, -0.05) is 256 Å². The van der Waals surface area contributed by atoms with E-state index in [4.69, 9.17) is 4.42 Å². The molecule has 0 aliphatic rings. The summed E-state index contributed by atoms with van der Waals surface area (Å²) in [5.41, 5.74) is 1.86. The average Bonchev–Trinajstić information content (AvgIpc) is 3.70. The normalized spacial score (nSPS) is 13.4. The van der Waals surface area contributed by atoms with Crippen molar-refractivity contribution in [2.45, 2.75) is 155 Å². The van der Waals surface area contributed by atoms with Gasteiger partial charge in [0, 0.05) is 37.5 Å². The van der Waals surface area contributed by atoms with Gasteiger partial charge in [0.15, 0.2) is 0 Å². The van der Waals surface area contributed by atoms with Crippen LogP contribution in [-0.4, -0.2) is 27.6 Å². The summed E-state index contributed by atoms with van der Waals surface area (Å²) in [5, 5.41) is 10.0. The van der Waals surface area contributed by atoms with Crippen LogP contribution in [0.1, 0.15) is 119 Å². The lowest BCUT2D eigenvalue weighted by Crippen LogP contribution is -2.48. The van der Waals surface area contributed by atoms with E-state index in [0.717, 1.165) is 27.2 Å². The van der Waals surface area contributed by atoms with E-state index in [0.29, 0.717) is 0 Å². The number of unbranched alkanes of at least 4 members (excludes halogenated alkanes) is 6. The summed E-state index contributed by atoms with van der Waals surface area (Å²) in [6, 6.07) is 50.8. The summed E-state index contributed by atoms with van der Waals surface area (Å²) < 4.78 is 25.9. The van der Waals surface area contributed by atoms with Crippen molar-refractivity contribution < 1.29 is 8.81 Å². The number of benzene rings is 5. The van der Waals surface area contributed by atoms with Gasteiger partial charge in [-0.3, -0.25) is 0 Å². The zero-order chi connectivity index (χ0) is 44.0. The highest BCUT2D eigenvalue weighted by atomic mass is 31.2. The number of fused-ring (bicyclic) bond motifs is 3. The summed E-state index contributed by atoms with van der Waals surface area (Å²) in [6.07, 6.45) is 15.4. The number of furan rings is 1. The molecule has 6 aromatic rings. The van der Waals surface area contributed by atoms with Crippen LogP contribution in [0.2, 0.25) is 36.3 Å². The Bertz CT molecular complexity index is 2210. The molecule has 1 heterocycles. The highest BCUT2D eigenvalue weighted by Gasteiger charge is 2.37. The number of rotatable bonds is 26. The minimum absolute atomic E-state index is 0.127. The second-order valence-corrected chi connectivity index (χ2v) is 32.1. The molecular formula is C55H76FNOP2Si2. The summed E-state index contributed by atoms with van der Waals surface area (Å²) in [5.74, 6) is -0.127. The third-order valence-corrected chi connectivity index (χ3v) is 30.2. The topological polar surface area (TPSA) is 16.4 Å². The van der Waals surface area contributed by atoms with Crippen molar-refractivity contribution >= 4 is 85.8 Å². The van der Waals surface area contributed by atoms with Gasteiger partial charge >= 0.3 is 0 Å². The van der Waals surface area contributed by atoms with Crippen LogP contribution in [0.3, 0.4) is 0 Å². The first-order chi connectivity index (χ1) is 30.3. The zero-order valence-corrected chi connectivity index (χ0v) is 43.1. The van der Waals surface area contributed by atoms with Crippen molar-refractivity contribution in [2.24, 2.45) is 0 Å². The predicted octanol–water partition coefficient (Wildman–Crippen LogP) is 15.2. The number of hydrogen-bond donors (Lipinski definition) is 0. The molecule has 0 bridgehead atoms. The van der Waals surface area contributed by atoms with Crippen LogP contribution in [0, 0.1) is 5.82 Å². The monoisotopic (exact) mass is 903 g/mol. The fraction of sp³-hybridized carbons (Fsp3) is 0.455. The van der Waals surface area contributed by atoms with Crippen molar-refractivity contribution in [1.82, 2.24) is 4.44 Å². The highest BCUT2D eigenvalue weighted by molar-refractivity contribution is 7.84. The first-order valence-corrected chi connectivity index (χ1v) is 32.3. The van der Waals surface area contributed by atoms with Gasteiger partial charge in [0.2, 0.25) is 0 Å². The van der Waals surface area contributed by atoms with Crippen LogP contribution in [0.15, 0.2) is 120 Å². The molecule has 7 heteroatoms. The molecule has 1 aromatic heterocycles. The van der Waals surface area contributed by atoms with E-state index in [9.17, 15) is 0 Å². The summed E-state index contributed by atoms with van der Waals surface area (Å²) >= 11 is 0. The zero-order valence-electron chi connectivity index (χ0n) is 39.3. The largest absolute Gasteiger partial charge is 0.455 e. The Morgan fingerprint density at radius 1 is 0.452 bits per heavy atom. The first-order valence-electron chi connectivity index (χ1n) is 24.5. The molecule has 0 fully saturated rings. The molecule has 5 aromatic carbocycles. The van der Waals surface area contributed by atoms with Crippen molar-refractivity contribution in [3.63, 3.8) is 0 Å². The molecule has 0 saturated carbocycles. The Morgan fingerprint density at radius 3 is 1.29 bits per heavy atom. The standard InChI is InChI=1S/C55H76FNOP2Si2/c1-8-14-39-61(40-15-9-2,41-16-10-3)47-35-31-45(32-36-47)59(53-29-23-21-27-51(53)56)57(7)60(54-30-24-26-50-49-25-20-22-28-52(49)58-55(50)54)46-33-37-48(38-34-46)62(42-17-11-4,43-18-12-5)44-19-13-6/h20-38H,8-19,39-44H2,1-7H3. The third-order valence-electron chi connectivity index (χ3n) is 13.8. The predicted molar refractivity (Wildman–Crippen MR) is 282 cm³/mol. The van der Waals surface area contributed by atoms with Gasteiger partial charge in [0.05, 0.1) is 16.1 Å². The average molecular weight is 904 g/mol. The number of halogens is 1. The number of hydrogen-bond acceptors (Lipinski definition) is 2. The van der Waals surface area contributed by atoms with Crippen molar-refractivity contribution in [3.05, 3.63) is 121 Å². The molecule has 62 heavy (non-hydrogen) atoms. The second kappa shape index (κ2) is 23.8. The van der Waals surface area contributed by atoms with Crippen LogP contribution in [0.5, 0.6) is 0 Å². The van der Waals surface area contributed by atoms with Crippen molar-refractivity contribution in [2.75, 3.05) is 7.05 Å². The van der Waals surface area contributed by atoms with Gasteiger partial charge in [-0.2, -0.15) is 0 Å². The Hall–Kier alpha value is -2.92. The van der Waals surface area contributed by atoms with Gasteiger partial charge in [-0.05, 0) is 41.9 Å². The lowest BCUT2D eigenvalue weighted by atomic mass is 10.1. The van der Waals surface area contributed by atoms with Gasteiger partial charge in [0.1, 0.15) is 17.0 Å². The van der Waals surface area contributed by atoms with E-state index in [-0.39, 0.29) is 5.82 Å². The lowest BCUT2D eigenvalue weighted by Gasteiger charge is -2.37. The number of nitrogens with zero attached hydrogens (tertiary/aromatic N) is 1. The third kappa shape index (κ3) is 11.1. The molecule has 0 radical (unpaired) electrons. The smallest absolute Gasteiger partial charge is 0.144 e. The van der Waals surface area contributed by atoms with E-state index in [2.05, 4.69) is 144 Å². The van der Waals surface area contributed by atoms with E-state index in [1.54, 1.807) is 16.4 Å². The van der Waals surface area contributed by atoms with Crippen molar-refractivity contribution in [3.8, 4) is 0 Å². The van der Waals surface area contributed by atoms with E-state index in [1.807, 2.05) is 18.2 Å². The maximum absolute atomic E-state index is 16.5. The van der Waals surface area contributed by atoms with E-state index in [1.165, 1.54) is 129 Å². The Balaban J connectivity index is 1.53. The Labute approximate surface area is 380 Å². The molecule has 0 saturated heterocycles. The van der Waals surface area contributed by atoms with Gasteiger partial charge in [-0.25, -0.2) is 8.83 Å². The Morgan fingerprint density at radius 2 is 0.839 bits per heavy atom. The molecule has 0 amide bonds. The van der Waals surface area contributed by atoms with Gasteiger partial charge in [0.25, 0.3) is 0 Å². The van der Waals surface area contributed by atoms with Crippen LogP contribution < -0.4 is 31.6 Å². The van der Waals surface area contributed by atoms with Gasteiger partial charge < -0.3 is 4.42 Å². The molecule has 2 nitrogen and oxygen atoms in total. The molecule has 0 aliphatic carbocycles. The van der Waals surface area contributed by atoms with Crippen LogP contribution in [0.25, 0.3) is 21.9 Å². The summed E-state index contributed by atoms with van der Waals surface area (Å²) in [6.45, 7) is 14.1. The van der Waals surface area contributed by atoms with Crippen LogP contribution in [-0.2, 0) is 0 Å². The molecular weight excluding hydrogens is 828 g/mol.